The van der Waals surface area contributed by atoms with E-state index in [-0.39, 0.29) is 11.6 Å². The number of nitrogens with one attached hydrogen (secondary N) is 1. The summed E-state index contributed by atoms with van der Waals surface area (Å²) in [4.78, 5) is 12.1. The van der Waals surface area contributed by atoms with Crippen LogP contribution in [0.4, 0.5) is 13.2 Å². The quantitative estimate of drug-likeness (QED) is 0.861. The van der Waals surface area contributed by atoms with Crippen LogP contribution in [0.25, 0.3) is 0 Å². The lowest BCUT2D eigenvalue weighted by Crippen LogP contribution is -2.41. The van der Waals surface area contributed by atoms with Crippen molar-refractivity contribution in [2.75, 3.05) is 0 Å². The fourth-order valence-electron chi connectivity index (χ4n) is 2.29. The standard InChI is InChI=1S/C14H15BrF3NO/c1-8(9-3-2-4-9)19-13(20)11-6-5-10(15)7-12(11)14(16,17)18/h5-9H,2-4H2,1H3,(H,19,20). The Morgan fingerprint density at radius 2 is 2.05 bits per heavy atom. The zero-order valence-electron chi connectivity index (χ0n) is 10.9. The van der Waals surface area contributed by atoms with E-state index in [1.54, 1.807) is 0 Å². The summed E-state index contributed by atoms with van der Waals surface area (Å²) < 4.78 is 39.2. The Morgan fingerprint density at radius 1 is 1.40 bits per heavy atom. The third-order valence-electron chi connectivity index (χ3n) is 3.75. The van der Waals surface area contributed by atoms with Gasteiger partial charge in [-0.3, -0.25) is 4.79 Å². The van der Waals surface area contributed by atoms with Crippen molar-refractivity contribution < 1.29 is 18.0 Å². The third-order valence-corrected chi connectivity index (χ3v) is 4.24. The number of benzene rings is 1. The number of alkyl halides is 3. The van der Waals surface area contributed by atoms with Crippen LogP contribution in [0, 0.1) is 5.92 Å². The van der Waals surface area contributed by atoms with Crippen LogP contribution in [-0.2, 0) is 6.18 Å². The smallest absolute Gasteiger partial charge is 0.349 e. The van der Waals surface area contributed by atoms with Crippen molar-refractivity contribution >= 4 is 21.8 Å². The number of carbonyl (C=O) groups excluding carboxylic acids is 1. The summed E-state index contributed by atoms with van der Waals surface area (Å²) in [6.45, 7) is 1.84. The summed E-state index contributed by atoms with van der Waals surface area (Å²) in [7, 11) is 0. The molecule has 1 aliphatic carbocycles. The van der Waals surface area contributed by atoms with Gasteiger partial charge in [0.15, 0.2) is 0 Å². The van der Waals surface area contributed by atoms with E-state index >= 15 is 0 Å². The lowest BCUT2D eigenvalue weighted by Gasteiger charge is -2.32. The van der Waals surface area contributed by atoms with E-state index in [1.807, 2.05) is 6.92 Å². The fraction of sp³-hybridized carbons (Fsp3) is 0.500. The second-order valence-electron chi connectivity index (χ2n) is 5.14. The Balaban J connectivity index is 2.20. The Labute approximate surface area is 123 Å². The van der Waals surface area contributed by atoms with Gasteiger partial charge in [0.1, 0.15) is 0 Å². The number of amides is 1. The molecule has 6 heteroatoms. The van der Waals surface area contributed by atoms with Gasteiger partial charge in [0.25, 0.3) is 5.91 Å². The van der Waals surface area contributed by atoms with Gasteiger partial charge in [0.2, 0.25) is 0 Å². The first-order valence-corrected chi connectivity index (χ1v) is 7.26. The van der Waals surface area contributed by atoms with Crippen LogP contribution in [0.3, 0.4) is 0 Å². The van der Waals surface area contributed by atoms with Gasteiger partial charge < -0.3 is 5.32 Å². The van der Waals surface area contributed by atoms with E-state index in [4.69, 9.17) is 0 Å². The summed E-state index contributed by atoms with van der Waals surface area (Å²) in [5, 5.41) is 2.68. The van der Waals surface area contributed by atoms with Crippen molar-refractivity contribution in [1.29, 1.82) is 0 Å². The normalized spacial score (nSPS) is 17.4. The highest BCUT2D eigenvalue weighted by atomic mass is 79.9. The van der Waals surface area contributed by atoms with Crippen LogP contribution in [0.1, 0.15) is 42.1 Å². The molecule has 110 valence electrons. The molecule has 0 aromatic heterocycles. The zero-order chi connectivity index (χ0) is 14.9. The minimum atomic E-state index is -4.55. The molecule has 0 bridgehead atoms. The summed E-state index contributed by atoms with van der Waals surface area (Å²) in [5.41, 5.74) is -1.24. The lowest BCUT2D eigenvalue weighted by atomic mass is 9.80. The Hall–Kier alpha value is -1.04. The van der Waals surface area contributed by atoms with Crippen molar-refractivity contribution in [3.8, 4) is 0 Å². The first kappa shape index (κ1) is 15.4. The van der Waals surface area contributed by atoms with Crippen LogP contribution in [0.5, 0.6) is 0 Å². The molecule has 1 aromatic rings. The molecule has 1 amide bonds. The molecular formula is C14H15BrF3NO. The number of hydrogen-bond donors (Lipinski definition) is 1. The van der Waals surface area contributed by atoms with Crippen molar-refractivity contribution in [1.82, 2.24) is 5.32 Å². The number of hydrogen-bond acceptors (Lipinski definition) is 1. The largest absolute Gasteiger partial charge is 0.417 e. The molecule has 1 aliphatic rings. The van der Waals surface area contributed by atoms with Crippen LogP contribution < -0.4 is 5.32 Å². The lowest BCUT2D eigenvalue weighted by molar-refractivity contribution is -0.138. The highest BCUT2D eigenvalue weighted by Crippen LogP contribution is 2.34. The van der Waals surface area contributed by atoms with E-state index in [2.05, 4.69) is 21.2 Å². The van der Waals surface area contributed by atoms with Crippen molar-refractivity contribution in [2.24, 2.45) is 5.92 Å². The molecule has 1 N–H and O–H groups in total. The van der Waals surface area contributed by atoms with E-state index in [9.17, 15) is 18.0 Å². The molecule has 0 saturated heterocycles. The van der Waals surface area contributed by atoms with Gasteiger partial charge in [-0.2, -0.15) is 13.2 Å². The van der Waals surface area contributed by atoms with E-state index in [0.717, 1.165) is 25.3 Å². The molecule has 20 heavy (non-hydrogen) atoms. The fourth-order valence-corrected chi connectivity index (χ4v) is 2.65. The first-order valence-electron chi connectivity index (χ1n) is 6.46. The third kappa shape index (κ3) is 3.34. The molecule has 0 spiro atoms. The Kier molecular flexibility index (Phi) is 4.42. The number of rotatable bonds is 3. The molecule has 0 aliphatic heterocycles. The van der Waals surface area contributed by atoms with Crippen LogP contribution in [0.2, 0.25) is 0 Å². The first-order chi connectivity index (χ1) is 9.29. The molecular weight excluding hydrogens is 335 g/mol. The summed E-state index contributed by atoms with van der Waals surface area (Å²) in [6.07, 6.45) is -1.38. The number of halogens is 4. The average Bonchev–Trinajstić information content (AvgIpc) is 2.24. The topological polar surface area (TPSA) is 29.1 Å². The highest BCUT2D eigenvalue weighted by molar-refractivity contribution is 9.10. The van der Waals surface area contributed by atoms with Gasteiger partial charge >= 0.3 is 6.18 Å². The maximum Gasteiger partial charge on any atom is 0.417 e. The van der Waals surface area contributed by atoms with Gasteiger partial charge in [-0.25, -0.2) is 0 Å². The predicted molar refractivity (Wildman–Crippen MR) is 73.4 cm³/mol. The molecule has 2 rings (SSSR count). The molecule has 1 aromatic carbocycles. The van der Waals surface area contributed by atoms with Gasteiger partial charge in [-0.05, 0) is 43.9 Å². The number of carbonyl (C=O) groups is 1. The second kappa shape index (κ2) is 5.76. The maximum absolute atomic E-state index is 13.0. The summed E-state index contributed by atoms with van der Waals surface area (Å²) in [6, 6.07) is 3.48. The van der Waals surface area contributed by atoms with Gasteiger partial charge in [0, 0.05) is 10.5 Å². The predicted octanol–water partition coefficient (Wildman–Crippen LogP) is 4.39. The average molecular weight is 350 g/mol. The maximum atomic E-state index is 13.0. The SMILES string of the molecule is CC(NC(=O)c1ccc(Br)cc1C(F)(F)F)C1CCC1. The summed E-state index contributed by atoms with van der Waals surface area (Å²) >= 11 is 3.00. The van der Waals surface area contributed by atoms with Crippen LogP contribution in [-0.4, -0.2) is 11.9 Å². The Bertz CT molecular complexity index is 512. The van der Waals surface area contributed by atoms with Crippen LogP contribution in [0.15, 0.2) is 22.7 Å². The van der Waals surface area contributed by atoms with Crippen LogP contribution >= 0.6 is 15.9 Å². The van der Waals surface area contributed by atoms with E-state index in [0.29, 0.717) is 10.4 Å². The highest BCUT2D eigenvalue weighted by Gasteiger charge is 2.36. The minimum absolute atomic E-state index is 0.0963. The summed E-state index contributed by atoms with van der Waals surface area (Å²) in [5.74, 6) is -0.284. The molecule has 1 unspecified atom stereocenters. The van der Waals surface area contributed by atoms with Gasteiger partial charge in [0.05, 0.1) is 11.1 Å². The minimum Gasteiger partial charge on any atom is -0.349 e. The Morgan fingerprint density at radius 3 is 2.55 bits per heavy atom. The molecule has 1 saturated carbocycles. The van der Waals surface area contributed by atoms with Gasteiger partial charge in [-0.15, -0.1) is 0 Å². The van der Waals surface area contributed by atoms with E-state index in [1.165, 1.54) is 12.1 Å². The molecule has 2 nitrogen and oxygen atoms in total. The monoisotopic (exact) mass is 349 g/mol. The molecule has 0 heterocycles. The molecule has 1 fully saturated rings. The second-order valence-corrected chi connectivity index (χ2v) is 6.06. The van der Waals surface area contributed by atoms with Crippen molar-refractivity contribution in [3.05, 3.63) is 33.8 Å². The zero-order valence-corrected chi connectivity index (χ0v) is 12.5. The van der Waals surface area contributed by atoms with E-state index < -0.39 is 17.6 Å². The molecule has 0 radical (unpaired) electrons. The van der Waals surface area contributed by atoms with Crippen molar-refractivity contribution in [2.45, 2.75) is 38.4 Å². The van der Waals surface area contributed by atoms with Gasteiger partial charge in [-0.1, -0.05) is 22.4 Å². The molecule has 1 atom stereocenters. The van der Waals surface area contributed by atoms with Crippen molar-refractivity contribution in [3.63, 3.8) is 0 Å².